The number of fused-ring (bicyclic) bond motifs is 1. The zero-order chi connectivity index (χ0) is 16.7. The van der Waals surface area contributed by atoms with Crippen molar-refractivity contribution < 1.29 is 14.3 Å². The van der Waals surface area contributed by atoms with Crippen LogP contribution in [0.25, 0.3) is 0 Å². The van der Waals surface area contributed by atoms with Gasteiger partial charge in [-0.1, -0.05) is 30.7 Å². The topological polar surface area (TPSA) is 55.7 Å². The molecule has 23 heavy (non-hydrogen) atoms. The van der Waals surface area contributed by atoms with Gasteiger partial charge in [-0.05, 0) is 37.5 Å². The molecule has 2 rings (SSSR count). The number of nitrogens with zero attached hydrogens (tertiary/aromatic N) is 1. The van der Waals surface area contributed by atoms with Crippen molar-refractivity contribution in [2.45, 2.75) is 45.4 Å². The van der Waals surface area contributed by atoms with Crippen molar-refractivity contribution in [2.75, 3.05) is 5.94 Å². The Kier molecular flexibility index (Phi) is 7.09. The van der Waals surface area contributed by atoms with Crippen LogP contribution in [0, 0.1) is 17.8 Å². The van der Waals surface area contributed by atoms with E-state index in [-0.39, 0.29) is 36.1 Å². The molecule has 1 heterocycles. The van der Waals surface area contributed by atoms with Gasteiger partial charge < -0.3 is 4.74 Å². The zero-order valence-electron chi connectivity index (χ0n) is 13.6. The summed E-state index contributed by atoms with van der Waals surface area (Å²) in [5, 5.41) is 0. The van der Waals surface area contributed by atoms with Crippen LogP contribution in [0.15, 0.2) is 28.8 Å². The normalized spacial score (nSPS) is 28.5. The number of thiol groups is 1. The molecule has 3 atom stereocenters. The molecule has 1 aliphatic carbocycles. The van der Waals surface area contributed by atoms with Crippen molar-refractivity contribution >= 4 is 30.7 Å². The largest absolute Gasteiger partial charge is 0.455 e. The molecule has 0 radical (unpaired) electrons. The summed E-state index contributed by atoms with van der Waals surface area (Å²) in [7, 11) is 0. The molecule has 0 aromatic rings. The smallest absolute Gasteiger partial charge is 0.306 e. The van der Waals surface area contributed by atoms with Crippen molar-refractivity contribution in [2.24, 2.45) is 22.7 Å². The number of esters is 1. The van der Waals surface area contributed by atoms with Crippen molar-refractivity contribution in [1.29, 1.82) is 0 Å². The number of aliphatic imine (C=N–C) groups is 1. The predicted molar refractivity (Wildman–Crippen MR) is 94.5 cm³/mol. The minimum absolute atomic E-state index is 0.0153. The molecule has 126 valence electrons. The van der Waals surface area contributed by atoms with Crippen molar-refractivity contribution in [1.82, 2.24) is 0 Å². The van der Waals surface area contributed by atoms with E-state index >= 15 is 0 Å². The third-order valence-electron chi connectivity index (χ3n) is 4.46. The maximum absolute atomic E-state index is 12.0. The number of ether oxygens (including phenoxy) is 1. The summed E-state index contributed by atoms with van der Waals surface area (Å²) in [6, 6.07) is 0. The Morgan fingerprint density at radius 2 is 2.26 bits per heavy atom. The second kappa shape index (κ2) is 9.06. The van der Waals surface area contributed by atoms with Gasteiger partial charge in [-0.3, -0.25) is 9.59 Å². The Balaban J connectivity index is 2.11. The Labute approximate surface area is 143 Å². The molecular weight excluding hydrogens is 310 g/mol. The lowest BCUT2D eigenvalue weighted by atomic mass is 9.86. The van der Waals surface area contributed by atoms with Gasteiger partial charge >= 0.3 is 5.97 Å². The van der Waals surface area contributed by atoms with Crippen LogP contribution in [0.2, 0.25) is 0 Å². The van der Waals surface area contributed by atoms with E-state index in [2.05, 4.69) is 42.8 Å². The highest BCUT2D eigenvalue weighted by Crippen LogP contribution is 2.29. The first-order valence-corrected chi connectivity index (χ1v) is 8.90. The van der Waals surface area contributed by atoms with E-state index in [0.29, 0.717) is 12.3 Å². The first kappa shape index (κ1) is 18.0. The van der Waals surface area contributed by atoms with Crippen molar-refractivity contribution in [3.63, 3.8) is 0 Å². The molecule has 0 aromatic carbocycles. The average molecular weight is 335 g/mol. The second-order valence-electron chi connectivity index (χ2n) is 6.44. The fourth-order valence-corrected chi connectivity index (χ4v) is 3.20. The standard InChI is InChI=1S/C18H25NO3S/c1-13-3-2-4-16-11-19-17(20)9-14(10-18(21)22-12-23)6-8-15(16)7-5-13/h2,4,7,11,13-14,16,23H,3,5-6,8-10,12H2,1H3. The molecule has 0 saturated carbocycles. The molecule has 0 bridgehead atoms. The number of carbonyl (C=O) groups is 2. The highest BCUT2D eigenvalue weighted by atomic mass is 32.1. The van der Waals surface area contributed by atoms with Crippen LogP contribution in [0.5, 0.6) is 0 Å². The van der Waals surface area contributed by atoms with Crippen LogP contribution in [0.3, 0.4) is 0 Å². The summed E-state index contributed by atoms with van der Waals surface area (Å²) in [5.74, 6) is 0.352. The highest BCUT2D eigenvalue weighted by Gasteiger charge is 2.22. The molecular formula is C18H25NO3S. The van der Waals surface area contributed by atoms with Crippen molar-refractivity contribution in [3.05, 3.63) is 23.8 Å². The zero-order valence-corrected chi connectivity index (χ0v) is 14.5. The quantitative estimate of drug-likeness (QED) is 0.370. The van der Waals surface area contributed by atoms with Crippen LogP contribution in [-0.2, 0) is 14.3 Å². The van der Waals surface area contributed by atoms with Gasteiger partial charge in [0.1, 0.15) is 5.94 Å². The molecule has 4 nitrogen and oxygen atoms in total. The SMILES string of the molecule is CC1CC=CC2C=NC(=O)CC(CC(=O)OCS)CCC2=CC1. The number of carbonyl (C=O) groups excluding carboxylic acids is 2. The first-order valence-electron chi connectivity index (χ1n) is 8.27. The minimum Gasteiger partial charge on any atom is -0.455 e. The number of rotatable bonds is 3. The lowest BCUT2D eigenvalue weighted by Crippen LogP contribution is -2.14. The summed E-state index contributed by atoms with van der Waals surface area (Å²) >= 11 is 3.89. The van der Waals surface area contributed by atoms with Gasteiger partial charge in [-0.2, -0.15) is 0 Å². The summed E-state index contributed by atoms with van der Waals surface area (Å²) in [5.41, 5.74) is 1.30. The van der Waals surface area contributed by atoms with Crippen molar-refractivity contribution in [3.8, 4) is 0 Å². The van der Waals surface area contributed by atoms with E-state index in [9.17, 15) is 9.59 Å². The fourth-order valence-electron chi connectivity index (χ4n) is 3.06. The van der Waals surface area contributed by atoms with Gasteiger partial charge in [-0.25, -0.2) is 4.99 Å². The molecule has 0 aromatic heterocycles. The number of amides is 1. The Morgan fingerprint density at radius 3 is 3.04 bits per heavy atom. The van der Waals surface area contributed by atoms with Gasteiger partial charge in [0.25, 0.3) is 0 Å². The van der Waals surface area contributed by atoms with E-state index in [0.717, 1.165) is 25.7 Å². The van der Waals surface area contributed by atoms with Gasteiger partial charge in [0.15, 0.2) is 0 Å². The average Bonchev–Trinajstić information content (AvgIpc) is 2.54. The summed E-state index contributed by atoms with van der Waals surface area (Å²) < 4.78 is 4.89. The summed E-state index contributed by atoms with van der Waals surface area (Å²) in [6.07, 6.45) is 12.8. The number of hydrogen-bond donors (Lipinski definition) is 1. The summed E-state index contributed by atoms with van der Waals surface area (Å²) in [6.45, 7) is 2.24. The Morgan fingerprint density at radius 1 is 1.43 bits per heavy atom. The Hall–Kier alpha value is -1.36. The first-order chi connectivity index (χ1) is 11.1. The molecule has 0 N–H and O–H groups in total. The molecule has 1 amide bonds. The van der Waals surface area contributed by atoms with E-state index in [4.69, 9.17) is 4.74 Å². The maximum Gasteiger partial charge on any atom is 0.306 e. The molecule has 0 saturated heterocycles. The van der Waals surface area contributed by atoms with Crippen LogP contribution in [-0.4, -0.2) is 24.0 Å². The lowest BCUT2D eigenvalue weighted by Gasteiger charge is -2.19. The van der Waals surface area contributed by atoms with E-state index in [1.807, 2.05) is 0 Å². The maximum atomic E-state index is 12.0. The minimum atomic E-state index is -0.294. The third kappa shape index (κ3) is 5.98. The number of allylic oxidation sites excluding steroid dienone is 4. The highest BCUT2D eigenvalue weighted by molar-refractivity contribution is 7.80. The van der Waals surface area contributed by atoms with Crippen LogP contribution in [0.4, 0.5) is 0 Å². The third-order valence-corrected chi connectivity index (χ3v) is 4.59. The van der Waals surface area contributed by atoms with Gasteiger partial charge in [0.05, 0.1) is 0 Å². The number of hydrogen-bond acceptors (Lipinski definition) is 4. The Bertz CT molecular complexity index is 524. The molecule has 0 spiro atoms. The summed E-state index contributed by atoms with van der Waals surface area (Å²) in [4.78, 5) is 27.8. The molecule has 0 fully saturated rings. The van der Waals surface area contributed by atoms with Crippen LogP contribution >= 0.6 is 12.6 Å². The fraction of sp³-hybridized carbons (Fsp3) is 0.611. The van der Waals surface area contributed by atoms with Crippen LogP contribution < -0.4 is 0 Å². The van der Waals surface area contributed by atoms with Crippen LogP contribution in [0.1, 0.15) is 45.4 Å². The molecule has 2 aliphatic rings. The predicted octanol–water partition coefficient (Wildman–Crippen LogP) is 3.73. The molecule has 3 unspecified atom stereocenters. The van der Waals surface area contributed by atoms with Gasteiger partial charge in [-0.15, -0.1) is 12.6 Å². The molecule has 5 heteroatoms. The van der Waals surface area contributed by atoms with E-state index in [1.165, 1.54) is 5.57 Å². The van der Waals surface area contributed by atoms with E-state index in [1.54, 1.807) is 6.21 Å². The van der Waals surface area contributed by atoms with Gasteiger partial charge in [0.2, 0.25) is 5.91 Å². The monoisotopic (exact) mass is 335 g/mol. The lowest BCUT2D eigenvalue weighted by molar-refractivity contribution is -0.142. The second-order valence-corrected chi connectivity index (χ2v) is 6.70. The molecule has 1 aliphatic heterocycles. The van der Waals surface area contributed by atoms with Gasteiger partial charge in [0, 0.05) is 25.0 Å². The van der Waals surface area contributed by atoms with E-state index < -0.39 is 0 Å².